The van der Waals surface area contributed by atoms with E-state index in [0.29, 0.717) is 17.1 Å². The summed E-state index contributed by atoms with van der Waals surface area (Å²) in [6.45, 7) is 1.91. The molecule has 0 radical (unpaired) electrons. The zero-order valence-electron chi connectivity index (χ0n) is 11.9. The second-order valence-corrected chi connectivity index (χ2v) is 4.59. The summed E-state index contributed by atoms with van der Waals surface area (Å²) in [6.07, 6.45) is 0. The highest BCUT2D eigenvalue weighted by molar-refractivity contribution is 5.94. The predicted molar refractivity (Wildman–Crippen MR) is 81.3 cm³/mol. The summed E-state index contributed by atoms with van der Waals surface area (Å²) in [5.74, 6) is 0.116. The van der Waals surface area contributed by atoms with Gasteiger partial charge in [-0.25, -0.2) is 4.39 Å². The third-order valence-corrected chi connectivity index (χ3v) is 2.99. The molecule has 110 valence electrons. The Labute approximate surface area is 122 Å². The minimum absolute atomic E-state index is 0.0570. The molecule has 0 atom stereocenters. The van der Waals surface area contributed by atoms with E-state index in [1.165, 1.54) is 12.1 Å². The first-order chi connectivity index (χ1) is 10.1. The van der Waals surface area contributed by atoms with Gasteiger partial charge in [0.25, 0.3) is 0 Å². The van der Waals surface area contributed by atoms with Crippen LogP contribution in [0, 0.1) is 12.7 Å². The molecule has 2 aromatic carbocycles. The fraction of sp³-hybridized carbons (Fsp3) is 0.188. The number of aryl methyl sites for hydroxylation is 1. The monoisotopic (exact) mass is 288 g/mol. The van der Waals surface area contributed by atoms with Crippen LogP contribution >= 0.6 is 0 Å². The number of hydrogen-bond acceptors (Lipinski definition) is 3. The number of ether oxygens (including phenoxy) is 1. The van der Waals surface area contributed by atoms with Gasteiger partial charge >= 0.3 is 0 Å². The van der Waals surface area contributed by atoms with Crippen molar-refractivity contribution in [2.24, 2.45) is 0 Å². The van der Waals surface area contributed by atoms with E-state index in [2.05, 4.69) is 10.6 Å². The van der Waals surface area contributed by atoms with Crippen LogP contribution < -0.4 is 15.4 Å². The highest BCUT2D eigenvalue weighted by atomic mass is 19.1. The van der Waals surface area contributed by atoms with Crippen LogP contribution in [0.25, 0.3) is 0 Å². The summed E-state index contributed by atoms with van der Waals surface area (Å²) in [4.78, 5) is 11.9. The van der Waals surface area contributed by atoms with E-state index < -0.39 is 0 Å². The molecule has 0 saturated heterocycles. The Morgan fingerprint density at radius 1 is 1.24 bits per heavy atom. The molecule has 0 heterocycles. The zero-order chi connectivity index (χ0) is 15.2. The molecule has 5 heteroatoms. The number of nitrogens with one attached hydrogen (secondary N) is 2. The molecule has 21 heavy (non-hydrogen) atoms. The van der Waals surface area contributed by atoms with Gasteiger partial charge in [-0.05, 0) is 36.8 Å². The minimum atomic E-state index is -0.337. The summed E-state index contributed by atoms with van der Waals surface area (Å²) in [5, 5.41) is 5.66. The predicted octanol–water partition coefficient (Wildman–Crippen LogP) is 3.19. The fourth-order valence-electron chi connectivity index (χ4n) is 1.87. The number of rotatable bonds is 5. The van der Waals surface area contributed by atoms with Gasteiger partial charge in [0.05, 0.1) is 13.7 Å². The SMILES string of the molecule is COc1cccc(NC(=O)CNc2cc(F)ccc2C)c1. The highest BCUT2D eigenvalue weighted by Gasteiger charge is 2.05. The zero-order valence-corrected chi connectivity index (χ0v) is 11.9. The minimum Gasteiger partial charge on any atom is -0.497 e. The molecule has 0 fully saturated rings. The van der Waals surface area contributed by atoms with Crippen molar-refractivity contribution in [3.05, 3.63) is 53.8 Å². The molecule has 2 rings (SSSR count). The molecular weight excluding hydrogens is 271 g/mol. The first-order valence-electron chi connectivity index (χ1n) is 6.52. The summed E-state index contributed by atoms with van der Waals surface area (Å²) in [6, 6.07) is 11.5. The number of halogens is 1. The van der Waals surface area contributed by atoms with Crippen molar-refractivity contribution >= 4 is 17.3 Å². The lowest BCUT2D eigenvalue weighted by molar-refractivity contribution is -0.114. The van der Waals surface area contributed by atoms with Gasteiger partial charge in [0.2, 0.25) is 5.91 Å². The van der Waals surface area contributed by atoms with Gasteiger partial charge in [0, 0.05) is 17.4 Å². The van der Waals surface area contributed by atoms with Crippen molar-refractivity contribution < 1.29 is 13.9 Å². The number of carbonyl (C=O) groups excluding carboxylic acids is 1. The Morgan fingerprint density at radius 3 is 2.81 bits per heavy atom. The van der Waals surface area contributed by atoms with Crippen molar-refractivity contribution in [2.75, 3.05) is 24.3 Å². The van der Waals surface area contributed by atoms with Crippen LogP contribution in [-0.2, 0) is 4.79 Å². The topological polar surface area (TPSA) is 50.4 Å². The molecule has 1 amide bonds. The van der Waals surface area contributed by atoms with Crippen LogP contribution in [0.15, 0.2) is 42.5 Å². The molecule has 0 saturated carbocycles. The smallest absolute Gasteiger partial charge is 0.243 e. The van der Waals surface area contributed by atoms with Gasteiger partial charge in [-0.15, -0.1) is 0 Å². The van der Waals surface area contributed by atoms with Crippen molar-refractivity contribution in [1.82, 2.24) is 0 Å². The molecule has 0 unspecified atom stereocenters. The Bertz CT molecular complexity index is 644. The average Bonchev–Trinajstić information content (AvgIpc) is 2.48. The number of carbonyl (C=O) groups is 1. The van der Waals surface area contributed by atoms with Crippen LogP contribution in [0.2, 0.25) is 0 Å². The Morgan fingerprint density at radius 2 is 2.05 bits per heavy atom. The maximum Gasteiger partial charge on any atom is 0.243 e. The summed E-state index contributed by atoms with van der Waals surface area (Å²) in [7, 11) is 1.56. The van der Waals surface area contributed by atoms with E-state index in [9.17, 15) is 9.18 Å². The highest BCUT2D eigenvalue weighted by Crippen LogP contribution is 2.17. The molecular formula is C16H17FN2O2. The molecule has 2 aromatic rings. The van der Waals surface area contributed by atoms with E-state index in [-0.39, 0.29) is 18.3 Å². The number of hydrogen-bond donors (Lipinski definition) is 2. The van der Waals surface area contributed by atoms with E-state index >= 15 is 0 Å². The third-order valence-electron chi connectivity index (χ3n) is 2.99. The number of anilines is 2. The van der Waals surface area contributed by atoms with Gasteiger partial charge in [-0.2, -0.15) is 0 Å². The second kappa shape index (κ2) is 6.74. The van der Waals surface area contributed by atoms with Crippen molar-refractivity contribution in [2.45, 2.75) is 6.92 Å². The van der Waals surface area contributed by atoms with E-state index in [0.717, 1.165) is 5.56 Å². The molecule has 0 aromatic heterocycles. The molecule has 0 aliphatic heterocycles. The van der Waals surface area contributed by atoms with Crippen LogP contribution in [0.5, 0.6) is 5.75 Å². The first-order valence-corrected chi connectivity index (χ1v) is 6.52. The number of methoxy groups -OCH3 is 1. The molecule has 4 nitrogen and oxygen atoms in total. The van der Waals surface area contributed by atoms with Crippen LogP contribution in [0.1, 0.15) is 5.56 Å². The van der Waals surface area contributed by atoms with Crippen molar-refractivity contribution in [1.29, 1.82) is 0 Å². The van der Waals surface area contributed by atoms with Crippen LogP contribution in [0.3, 0.4) is 0 Å². The fourth-order valence-corrected chi connectivity index (χ4v) is 1.87. The number of benzene rings is 2. The Hall–Kier alpha value is -2.56. The average molecular weight is 288 g/mol. The second-order valence-electron chi connectivity index (χ2n) is 4.59. The standard InChI is InChI=1S/C16H17FN2O2/c1-11-6-7-12(17)8-15(11)18-10-16(20)19-13-4-3-5-14(9-13)21-2/h3-9,18H,10H2,1-2H3,(H,19,20). The van der Waals surface area contributed by atoms with E-state index in [1.54, 1.807) is 37.4 Å². The van der Waals surface area contributed by atoms with Crippen LogP contribution in [-0.4, -0.2) is 19.6 Å². The molecule has 0 spiro atoms. The Balaban J connectivity index is 1.94. The lowest BCUT2D eigenvalue weighted by Gasteiger charge is -2.10. The normalized spacial score (nSPS) is 10.0. The summed E-state index contributed by atoms with van der Waals surface area (Å²) in [5.41, 5.74) is 2.14. The van der Waals surface area contributed by atoms with Gasteiger partial charge in [0.15, 0.2) is 0 Å². The lowest BCUT2D eigenvalue weighted by atomic mass is 10.2. The first kappa shape index (κ1) is 14.8. The van der Waals surface area contributed by atoms with Gasteiger partial charge in [-0.1, -0.05) is 12.1 Å². The van der Waals surface area contributed by atoms with Crippen molar-refractivity contribution in [3.63, 3.8) is 0 Å². The van der Waals surface area contributed by atoms with Gasteiger partial charge in [-0.3, -0.25) is 4.79 Å². The van der Waals surface area contributed by atoms with Crippen molar-refractivity contribution in [3.8, 4) is 5.75 Å². The summed E-state index contributed by atoms with van der Waals surface area (Å²) < 4.78 is 18.2. The summed E-state index contributed by atoms with van der Waals surface area (Å²) >= 11 is 0. The molecule has 0 aliphatic carbocycles. The van der Waals surface area contributed by atoms with Gasteiger partial charge in [0.1, 0.15) is 11.6 Å². The molecule has 0 bridgehead atoms. The van der Waals surface area contributed by atoms with Gasteiger partial charge < -0.3 is 15.4 Å². The largest absolute Gasteiger partial charge is 0.497 e. The van der Waals surface area contributed by atoms with E-state index in [1.807, 2.05) is 6.92 Å². The maximum absolute atomic E-state index is 13.1. The maximum atomic E-state index is 13.1. The Kier molecular flexibility index (Phi) is 4.77. The van der Waals surface area contributed by atoms with E-state index in [4.69, 9.17) is 4.74 Å². The van der Waals surface area contributed by atoms with Crippen LogP contribution in [0.4, 0.5) is 15.8 Å². The molecule has 2 N–H and O–H groups in total. The number of amides is 1. The lowest BCUT2D eigenvalue weighted by Crippen LogP contribution is -2.22. The molecule has 0 aliphatic rings. The third kappa shape index (κ3) is 4.21. The quantitative estimate of drug-likeness (QED) is 0.888.